The van der Waals surface area contributed by atoms with E-state index >= 15 is 0 Å². The van der Waals surface area contributed by atoms with Crippen LogP contribution in [0.3, 0.4) is 0 Å². The number of nitrogens with zero attached hydrogens (tertiary/aromatic N) is 5. The lowest BCUT2D eigenvalue weighted by molar-refractivity contribution is 0.116. The number of anilines is 1. The Morgan fingerprint density at radius 3 is 2.36 bits per heavy atom. The molecule has 194 valence electrons. The standard InChI is InChI=1S/C19H16F3N3O2.C7H16N2/c1-3-25(15-6-4-5-7-16(15)26-2)11-13-9-8-12(10-14(13)20)18-23-24-19(27-18)17(21)22;1-8-4-3-5-9(2)7-6-8/h3-10,17H,1,11H2,2H3;3-7H2,1-2H3. The maximum atomic E-state index is 14.6. The summed E-state index contributed by atoms with van der Waals surface area (Å²) < 4.78 is 49.8. The van der Waals surface area contributed by atoms with E-state index in [0.29, 0.717) is 11.3 Å². The van der Waals surface area contributed by atoms with Gasteiger partial charge in [-0.1, -0.05) is 24.8 Å². The van der Waals surface area contributed by atoms with Crippen molar-refractivity contribution in [3.8, 4) is 17.2 Å². The van der Waals surface area contributed by atoms with Gasteiger partial charge in [-0.25, -0.2) is 4.39 Å². The van der Waals surface area contributed by atoms with Crippen LogP contribution < -0.4 is 9.64 Å². The van der Waals surface area contributed by atoms with Crippen molar-refractivity contribution in [1.82, 2.24) is 20.0 Å². The summed E-state index contributed by atoms with van der Waals surface area (Å²) in [5, 5.41) is 6.76. The van der Waals surface area contributed by atoms with E-state index in [4.69, 9.17) is 9.15 Å². The van der Waals surface area contributed by atoms with Crippen molar-refractivity contribution in [3.63, 3.8) is 0 Å². The van der Waals surface area contributed by atoms with E-state index in [-0.39, 0.29) is 18.0 Å². The van der Waals surface area contributed by atoms with Gasteiger partial charge in [-0.05, 0) is 64.1 Å². The first-order chi connectivity index (χ1) is 17.3. The Kier molecular flexibility index (Phi) is 9.89. The highest BCUT2D eigenvalue weighted by Gasteiger charge is 2.18. The minimum atomic E-state index is -2.88. The first-order valence-corrected chi connectivity index (χ1v) is 11.6. The van der Waals surface area contributed by atoms with Crippen molar-refractivity contribution in [2.45, 2.75) is 19.4 Å². The van der Waals surface area contributed by atoms with Crippen molar-refractivity contribution in [2.24, 2.45) is 0 Å². The third-order valence-electron chi connectivity index (χ3n) is 5.83. The summed E-state index contributed by atoms with van der Waals surface area (Å²) in [6, 6.07) is 11.5. The van der Waals surface area contributed by atoms with Gasteiger partial charge in [0.25, 0.3) is 5.89 Å². The molecule has 1 aliphatic rings. The Hall–Kier alpha value is -3.37. The highest BCUT2D eigenvalue weighted by molar-refractivity contribution is 5.61. The molecule has 0 amide bonds. The number of benzene rings is 2. The van der Waals surface area contributed by atoms with Crippen LogP contribution in [0.1, 0.15) is 24.3 Å². The Balaban J connectivity index is 0.000000338. The van der Waals surface area contributed by atoms with E-state index in [0.717, 1.165) is 5.69 Å². The third kappa shape index (κ3) is 7.32. The van der Waals surface area contributed by atoms with Crippen LogP contribution in [0.15, 0.2) is 59.7 Å². The largest absolute Gasteiger partial charge is 0.495 e. The molecule has 0 bridgehead atoms. The van der Waals surface area contributed by atoms with E-state index in [2.05, 4.69) is 40.7 Å². The van der Waals surface area contributed by atoms with Crippen molar-refractivity contribution < 1.29 is 22.3 Å². The van der Waals surface area contributed by atoms with Crippen LogP contribution in [0.4, 0.5) is 18.9 Å². The molecule has 0 atom stereocenters. The number of hydrogen-bond acceptors (Lipinski definition) is 7. The lowest BCUT2D eigenvalue weighted by atomic mass is 10.1. The first kappa shape index (κ1) is 27.2. The average molecular weight is 504 g/mol. The molecule has 0 saturated carbocycles. The van der Waals surface area contributed by atoms with E-state index in [1.165, 1.54) is 50.8 Å². The smallest absolute Gasteiger partial charge is 0.314 e. The number of methoxy groups -OCH3 is 1. The fourth-order valence-electron chi connectivity index (χ4n) is 3.72. The fourth-order valence-corrected chi connectivity index (χ4v) is 3.72. The Morgan fingerprint density at radius 2 is 1.78 bits per heavy atom. The minimum absolute atomic E-state index is 0.166. The van der Waals surface area contributed by atoms with Crippen molar-refractivity contribution in [2.75, 3.05) is 52.3 Å². The van der Waals surface area contributed by atoms with Crippen LogP contribution in [-0.4, -0.2) is 67.4 Å². The van der Waals surface area contributed by atoms with Gasteiger partial charge in [0, 0.05) is 24.2 Å². The highest BCUT2D eigenvalue weighted by atomic mass is 19.3. The lowest BCUT2D eigenvalue weighted by Gasteiger charge is -2.22. The molecule has 1 saturated heterocycles. The molecule has 10 heteroatoms. The summed E-state index contributed by atoms with van der Waals surface area (Å²) >= 11 is 0. The second kappa shape index (κ2) is 13.1. The number of aromatic nitrogens is 2. The molecule has 2 heterocycles. The molecule has 0 radical (unpaired) electrons. The Bertz CT molecular complexity index is 1110. The number of halogens is 3. The van der Waals surface area contributed by atoms with Crippen molar-refractivity contribution in [1.29, 1.82) is 0 Å². The SMILES string of the molecule is C=CN(Cc1ccc(-c2nnc(C(F)F)o2)cc1F)c1ccccc1OC.CN1CCCN(C)CC1. The molecule has 3 aromatic rings. The highest BCUT2D eigenvalue weighted by Crippen LogP contribution is 2.30. The third-order valence-corrected chi connectivity index (χ3v) is 5.83. The van der Waals surface area contributed by atoms with E-state index < -0.39 is 18.1 Å². The zero-order chi connectivity index (χ0) is 26.1. The second-order valence-electron chi connectivity index (χ2n) is 8.49. The van der Waals surface area contributed by atoms with E-state index in [1.54, 1.807) is 24.3 Å². The zero-order valence-electron chi connectivity index (χ0n) is 20.8. The van der Waals surface area contributed by atoms with Gasteiger partial charge in [0.05, 0.1) is 19.3 Å². The predicted molar refractivity (Wildman–Crippen MR) is 134 cm³/mol. The molecule has 1 aromatic heterocycles. The van der Waals surface area contributed by atoms with E-state index in [1.807, 2.05) is 18.2 Å². The lowest BCUT2D eigenvalue weighted by Crippen LogP contribution is -2.25. The van der Waals surface area contributed by atoms with Gasteiger partial charge in [-0.15, -0.1) is 10.2 Å². The number of rotatable bonds is 7. The molecule has 0 N–H and O–H groups in total. The average Bonchev–Trinajstić information content (AvgIpc) is 3.30. The van der Waals surface area contributed by atoms with Crippen molar-refractivity contribution in [3.05, 3.63) is 72.5 Å². The molecule has 4 rings (SSSR count). The number of likely N-dealkylation sites (N-methyl/N-ethyl adjacent to an activating group) is 2. The van der Waals surface area contributed by atoms with Crippen LogP contribution in [0.2, 0.25) is 0 Å². The summed E-state index contributed by atoms with van der Waals surface area (Å²) in [6.45, 7) is 8.96. The van der Waals surface area contributed by atoms with Crippen molar-refractivity contribution >= 4 is 5.69 Å². The second-order valence-corrected chi connectivity index (χ2v) is 8.49. The first-order valence-electron chi connectivity index (χ1n) is 11.6. The van der Waals surface area contributed by atoms with Crippen LogP contribution in [0.5, 0.6) is 5.75 Å². The predicted octanol–water partition coefficient (Wildman–Crippen LogP) is 5.23. The summed E-state index contributed by atoms with van der Waals surface area (Å²) in [4.78, 5) is 6.52. The molecule has 36 heavy (non-hydrogen) atoms. The minimum Gasteiger partial charge on any atom is -0.495 e. The zero-order valence-corrected chi connectivity index (χ0v) is 20.8. The van der Waals surface area contributed by atoms with Gasteiger partial charge in [0.15, 0.2) is 0 Å². The number of hydrogen-bond donors (Lipinski definition) is 0. The number of para-hydroxylation sites is 2. The van der Waals surface area contributed by atoms with E-state index in [9.17, 15) is 13.2 Å². The molecular weight excluding hydrogens is 471 g/mol. The molecular formula is C26H32F3N5O2. The summed E-state index contributed by atoms with van der Waals surface area (Å²) in [5.41, 5.74) is 1.33. The topological polar surface area (TPSA) is 57.9 Å². The Labute approximate surface area is 209 Å². The maximum Gasteiger partial charge on any atom is 0.314 e. The fraction of sp³-hybridized carbons (Fsp3) is 0.385. The monoisotopic (exact) mass is 503 g/mol. The van der Waals surface area contributed by atoms with Gasteiger partial charge < -0.3 is 23.9 Å². The van der Waals surface area contributed by atoms with Gasteiger partial charge in [0.1, 0.15) is 11.6 Å². The molecule has 0 unspecified atom stereocenters. The molecule has 1 fully saturated rings. The maximum absolute atomic E-state index is 14.6. The molecule has 7 nitrogen and oxygen atoms in total. The van der Waals surface area contributed by atoms with Crippen LogP contribution >= 0.6 is 0 Å². The molecule has 2 aromatic carbocycles. The summed E-state index contributed by atoms with van der Waals surface area (Å²) in [7, 11) is 5.94. The van der Waals surface area contributed by atoms with Crippen LogP contribution in [0.25, 0.3) is 11.5 Å². The molecule has 1 aliphatic heterocycles. The summed E-state index contributed by atoms with van der Waals surface area (Å²) in [5.74, 6) is -0.879. The van der Waals surface area contributed by atoms with Crippen LogP contribution in [-0.2, 0) is 6.54 Å². The van der Waals surface area contributed by atoms with Gasteiger partial charge >= 0.3 is 6.43 Å². The van der Waals surface area contributed by atoms with Crippen LogP contribution in [0, 0.1) is 5.82 Å². The molecule has 0 aliphatic carbocycles. The van der Waals surface area contributed by atoms with Gasteiger partial charge in [-0.2, -0.15) is 8.78 Å². The Morgan fingerprint density at radius 1 is 1.08 bits per heavy atom. The quantitative estimate of drug-likeness (QED) is 0.438. The van der Waals surface area contributed by atoms with Gasteiger partial charge in [0.2, 0.25) is 5.89 Å². The normalized spacial score (nSPS) is 14.6. The number of alkyl halides is 2. The summed E-state index contributed by atoms with van der Waals surface area (Å²) in [6.07, 6.45) is 0.0165. The molecule has 0 spiro atoms. The van der Waals surface area contributed by atoms with Gasteiger partial charge in [-0.3, -0.25) is 0 Å². The number of ether oxygens (including phenoxy) is 1.